The Morgan fingerprint density at radius 2 is 1.78 bits per heavy atom. The average Bonchev–Trinajstić information content (AvgIpc) is 3.38. The first-order chi connectivity index (χ1) is 15.6. The molecule has 3 aromatic carbocycles. The van der Waals surface area contributed by atoms with E-state index < -0.39 is 0 Å². The molecule has 2 N–H and O–H groups in total. The summed E-state index contributed by atoms with van der Waals surface area (Å²) in [6.45, 7) is 0. The number of hydrogen-bond donors (Lipinski definition) is 2. The number of furan rings is 1. The van der Waals surface area contributed by atoms with E-state index in [9.17, 15) is 14.6 Å². The molecule has 0 atom stereocenters. The van der Waals surface area contributed by atoms with Crippen molar-refractivity contribution in [1.29, 1.82) is 0 Å². The highest BCUT2D eigenvalue weighted by atomic mass is 32.1. The number of aromatic hydroxyl groups is 2. The highest BCUT2D eigenvalue weighted by molar-refractivity contribution is 7.07. The van der Waals surface area contributed by atoms with E-state index in [0.717, 1.165) is 11.0 Å². The van der Waals surface area contributed by atoms with Gasteiger partial charge < -0.3 is 14.6 Å². The zero-order chi connectivity index (χ0) is 22.1. The number of phenolic OH excluding ortho intramolecular Hbond substituents is 2. The summed E-state index contributed by atoms with van der Waals surface area (Å²) in [4.78, 5) is 5.12. The summed E-state index contributed by atoms with van der Waals surface area (Å²) in [5, 5.41) is 27.0. The third-order valence-electron chi connectivity index (χ3n) is 4.74. The molecule has 0 amide bonds. The minimum absolute atomic E-state index is 0.0437. The number of rotatable bonds is 4. The second-order valence-electron chi connectivity index (χ2n) is 6.94. The average molecular weight is 445 g/mol. The molecule has 0 aliphatic carbocycles. The van der Waals surface area contributed by atoms with Crippen molar-refractivity contribution in [3.8, 4) is 23.0 Å². The van der Waals surface area contributed by atoms with Gasteiger partial charge in [0.15, 0.2) is 5.76 Å². The van der Waals surface area contributed by atoms with Crippen LogP contribution in [0.2, 0.25) is 0 Å². The van der Waals surface area contributed by atoms with E-state index in [1.54, 1.807) is 22.9 Å². The number of thiazole rings is 1. The van der Waals surface area contributed by atoms with E-state index >= 15 is 0 Å². The molecule has 0 unspecified atom stereocenters. The smallest absolute Gasteiger partial charge is 0.211 e. The molecule has 32 heavy (non-hydrogen) atoms. The molecular weight excluding hydrogens is 429 g/mol. The molecule has 2 heterocycles. The van der Waals surface area contributed by atoms with Crippen molar-refractivity contribution in [2.75, 3.05) is 0 Å². The van der Waals surface area contributed by atoms with Gasteiger partial charge in [-0.25, -0.2) is 14.1 Å². The highest BCUT2D eigenvalue weighted by Crippen LogP contribution is 2.28. The summed E-state index contributed by atoms with van der Waals surface area (Å²) in [6, 6.07) is 19.7. The Hall–Kier alpha value is -4.17. The number of phenols is 2. The van der Waals surface area contributed by atoms with Gasteiger partial charge in [-0.1, -0.05) is 18.2 Å². The summed E-state index contributed by atoms with van der Waals surface area (Å²) < 4.78 is 20.9. The van der Waals surface area contributed by atoms with Gasteiger partial charge in [-0.05, 0) is 48.5 Å². The van der Waals surface area contributed by atoms with Gasteiger partial charge >= 0.3 is 0 Å². The molecule has 158 valence electrons. The number of halogens is 1. The predicted octanol–water partition coefficient (Wildman–Crippen LogP) is 5.63. The van der Waals surface area contributed by atoms with Gasteiger partial charge in [0.05, 0.1) is 11.9 Å². The van der Waals surface area contributed by atoms with Crippen LogP contribution in [-0.4, -0.2) is 21.1 Å². The topological polar surface area (TPSA) is 83.2 Å². The summed E-state index contributed by atoms with van der Waals surface area (Å²) in [5.74, 6) is 0.117. The van der Waals surface area contributed by atoms with E-state index in [-0.39, 0.29) is 17.3 Å². The molecule has 0 radical (unpaired) electrons. The summed E-state index contributed by atoms with van der Waals surface area (Å²) in [6.07, 6.45) is 1.47. The molecule has 8 heteroatoms. The van der Waals surface area contributed by atoms with E-state index in [0.29, 0.717) is 27.5 Å². The standard InChI is InChI=1S/C24H16FN3O3S/c25-17-6-8-18(9-7-17)27-24-28(26-13-16-5-10-19(29)12-21(16)30)20(14-32-24)23-11-15-3-1-2-4-22(15)31-23/h1-14,29-30H. The maximum atomic E-state index is 13.3. The fourth-order valence-corrected chi connectivity index (χ4v) is 3.99. The Morgan fingerprint density at radius 1 is 0.969 bits per heavy atom. The quantitative estimate of drug-likeness (QED) is 0.352. The first-order valence-corrected chi connectivity index (χ1v) is 10.5. The van der Waals surface area contributed by atoms with Gasteiger partial charge in [0.2, 0.25) is 4.80 Å². The zero-order valence-corrected chi connectivity index (χ0v) is 17.3. The largest absolute Gasteiger partial charge is 0.508 e. The SMILES string of the molecule is Oc1ccc(C=Nn2c(-c3cc4ccccc4o3)csc2=Nc2ccc(F)cc2)c(O)c1. The molecule has 5 rings (SSSR count). The number of hydrogen-bond acceptors (Lipinski definition) is 6. The van der Waals surface area contributed by atoms with Crippen LogP contribution in [0.25, 0.3) is 22.4 Å². The minimum Gasteiger partial charge on any atom is -0.508 e. The second-order valence-corrected chi connectivity index (χ2v) is 7.78. The summed E-state index contributed by atoms with van der Waals surface area (Å²) >= 11 is 1.35. The fourth-order valence-electron chi connectivity index (χ4n) is 3.15. The van der Waals surface area contributed by atoms with Crippen molar-refractivity contribution in [2.24, 2.45) is 10.1 Å². The van der Waals surface area contributed by atoms with Crippen molar-refractivity contribution in [3.63, 3.8) is 0 Å². The van der Waals surface area contributed by atoms with Crippen LogP contribution < -0.4 is 4.80 Å². The number of nitrogens with zero attached hydrogens (tertiary/aromatic N) is 3. The van der Waals surface area contributed by atoms with Gasteiger partial charge in [-0.3, -0.25) is 0 Å². The minimum atomic E-state index is -0.341. The molecular formula is C24H16FN3O3S. The third-order valence-corrected chi connectivity index (χ3v) is 5.56. The van der Waals surface area contributed by atoms with Crippen LogP contribution in [0, 0.1) is 5.82 Å². The second kappa shape index (κ2) is 8.16. The first-order valence-electron chi connectivity index (χ1n) is 9.63. The Labute approximate surface area is 185 Å². The van der Waals surface area contributed by atoms with Crippen molar-refractivity contribution in [2.45, 2.75) is 0 Å². The molecule has 6 nitrogen and oxygen atoms in total. The van der Waals surface area contributed by atoms with E-state index in [4.69, 9.17) is 4.42 Å². The molecule has 5 aromatic rings. The molecule has 2 aromatic heterocycles. The van der Waals surface area contributed by atoms with E-state index in [2.05, 4.69) is 10.1 Å². The Morgan fingerprint density at radius 3 is 2.56 bits per heavy atom. The van der Waals surface area contributed by atoms with Crippen LogP contribution in [0.3, 0.4) is 0 Å². The van der Waals surface area contributed by atoms with Crippen LogP contribution in [0.15, 0.2) is 92.7 Å². The maximum absolute atomic E-state index is 13.3. The van der Waals surface area contributed by atoms with Crippen molar-refractivity contribution < 1.29 is 19.0 Å². The zero-order valence-electron chi connectivity index (χ0n) is 16.5. The van der Waals surface area contributed by atoms with Gasteiger partial charge in [0.1, 0.15) is 28.6 Å². The Balaban J connectivity index is 1.66. The lowest BCUT2D eigenvalue weighted by Crippen LogP contribution is -2.11. The van der Waals surface area contributed by atoms with Gasteiger partial charge in [-0.2, -0.15) is 5.10 Å². The predicted molar refractivity (Wildman–Crippen MR) is 122 cm³/mol. The Bertz CT molecular complexity index is 1480. The lowest BCUT2D eigenvalue weighted by molar-refractivity contribution is 0.450. The van der Waals surface area contributed by atoms with Gasteiger partial charge in [0, 0.05) is 22.4 Å². The molecule has 0 fully saturated rings. The van der Waals surface area contributed by atoms with Crippen LogP contribution in [0.1, 0.15) is 5.56 Å². The van der Waals surface area contributed by atoms with Crippen LogP contribution in [-0.2, 0) is 0 Å². The molecule has 0 saturated heterocycles. The first kappa shape index (κ1) is 19.8. The molecule has 0 bridgehead atoms. The maximum Gasteiger partial charge on any atom is 0.211 e. The van der Waals surface area contributed by atoms with Crippen LogP contribution in [0.5, 0.6) is 11.5 Å². The van der Waals surface area contributed by atoms with Crippen molar-refractivity contribution >= 4 is 34.2 Å². The molecule has 0 aliphatic rings. The number of aromatic nitrogens is 1. The fraction of sp³-hybridized carbons (Fsp3) is 0. The Kier molecular flexibility index (Phi) is 5.04. The summed E-state index contributed by atoms with van der Waals surface area (Å²) in [5.41, 5.74) is 2.41. The lowest BCUT2D eigenvalue weighted by Gasteiger charge is -2.02. The van der Waals surface area contributed by atoms with Crippen molar-refractivity contribution in [3.05, 3.63) is 94.4 Å². The van der Waals surface area contributed by atoms with Gasteiger partial charge in [-0.15, -0.1) is 11.3 Å². The molecule has 0 saturated carbocycles. The number of para-hydroxylation sites is 1. The highest BCUT2D eigenvalue weighted by Gasteiger charge is 2.13. The van der Waals surface area contributed by atoms with E-state index in [1.807, 2.05) is 35.7 Å². The summed E-state index contributed by atoms with van der Waals surface area (Å²) in [7, 11) is 0. The van der Waals surface area contributed by atoms with E-state index in [1.165, 1.54) is 41.8 Å². The van der Waals surface area contributed by atoms with Crippen LogP contribution >= 0.6 is 11.3 Å². The monoisotopic (exact) mass is 445 g/mol. The van der Waals surface area contributed by atoms with Crippen LogP contribution in [0.4, 0.5) is 10.1 Å². The number of fused-ring (bicyclic) bond motifs is 1. The van der Waals surface area contributed by atoms with Crippen molar-refractivity contribution in [1.82, 2.24) is 4.68 Å². The molecule has 0 aliphatic heterocycles. The lowest BCUT2D eigenvalue weighted by atomic mass is 10.2. The van der Waals surface area contributed by atoms with Gasteiger partial charge in [0.25, 0.3) is 0 Å². The number of benzene rings is 3. The normalized spacial score (nSPS) is 12.2. The third kappa shape index (κ3) is 3.91. The molecule has 0 spiro atoms.